The van der Waals surface area contributed by atoms with Gasteiger partial charge in [-0.05, 0) is 31.0 Å². The molecule has 1 saturated carbocycles. The molecule has 0 radical (unpaired) electrons. The molecular weight excluding hydrogens is 232 g/mol. The molecule has 1 aliphatic rings. The van der Waals surface area contributed by atoms with E-state index in [4.69, 9.17) is 10.2 Å². The van der Waals surface area contributed by atoms with Crippen LogP contribution >= 0.6 is 0 Å². The van der Waals surface area contributed by atoms with Crippen LogP contribution in [0.4, 0.5) is 0 Å². The molecule has 0 aliphatic heterocycles. The summed E-state index contributed by atoms with van der Waals surface area (Å²) in [6.45, 7) is 0.383. The molecule has 18 heavy (non-hydrogen) atoms. The highest BCUT2D eigenvalue weighted by Crippen LogP contribution is 2.47. The summed E-state index contributed by atoms with van der Waals surface area (Å²) in [5, 5.41) is 0. The second-order valence-corrected chi connectivity index (χ2v) is 4.92. The van der Waals surface area contributed by atoms with Gasteiger partial charge in [-0.25, -0.2) is 4.79 Å². The van der Waals surface area contributed by atoms with Gasteiger partial charge in [0.2, 0.25) is 0 Å². The van der Waals surface area contributed by atoms with Crippen LogP contribution in [0.2, 0.25) is 0 Å². The average Bonchev–Trinajstić information content (AvgIpc) is 3.13. The Kier molecular flexibility index (Phi) is 2.22. The van der Waals surface area contributed by atoms with Crippen molar-refractivity contribution in [3.05, 3.63) is 34.3 Å². The molecule has 0 bridgehead atoms. The van der Waals surface area contributed by atoms with Crippen molar-refractivity contribution in [2.24, 2.45) is 18.2 Å². The summed E-state index contributed by atoms with van der Waals surface area (Å²) >= 11 is 0. The number of fused-ring (bicyclic) bond motifs is 1. The Morgan fingerprint density at radius 2 is 2.22 bits per heavy atom. The van der Waals surface area contributed by atoms with Gasteiger partial charge in [-0.15, -0.1) is 0 Å². The first-order chi connectivity index (χ1) is 8.57. The average molecular weight is 246 g/mol. The number of ketones is 1. The number of nitrogens with two attached hydrogens (primary N) is 1. The summed E-state index contributed by atoms with van der Waals surface area (Å²) in [7, 11) is 1.62. The van der Waals surface area contributed by atoms with Gasteiger partial charge in [0.15, 0.2) is 11.4 Å². The summed E-state index contributed by atoms with van der Waals surface area (Å²) in [4.78, 5) is 23.7. The Labute approximate surface area is 103 Å². The number of hydrogen-bond donors (Lipinski definition) is 1. The second-order valence-electron chi connectivity index (χ2n) is 4.92. The van der Waals surface area contributed by atoms with Gasteiger partial charge >= 0.3 is 5.76 Å². The van der Waals surface area contributed by atoms with Gasteiger partial charge in [0.1, 0.15) is 0 Å². The fourth-order valence-corrected chi connectivity index (χ4v) is 2.25. The maximum Gasteiger partial charge on any atom is 0.419 e. The molecule has 2 N–H and O–H groups in total. The predicted molar refractivity (Wildman–Crippen MR) is 66.5 cm³/mol. The van der Waals surface area contributed by atoms with E-state index in [1.165, 1.54) is 4.57 Å². The Morgan fingerprint density at radius 3 is 2.83 bits per heavy atom. The van der Waals surface area contributed by atoms with Crippen molar-refractivity contribution in [3.63, 3.8) is 0 Å². The minimum Gasteiger partial charge on any atom is -0.408 e. The molecule has 1 aromatic heterocycles. The number of hydrogen-bond acceptors (Lipinski definition) is 4. The van der Waals surface area contributed by atoms with Gasteiger partial charge in [0.05, 0.1) is 5.52 Å². The van der Waals surface area contributed by atoms with Crippen molar-refractivity contribution in [1.29, 1.82) is 0 Å². The number of oxazole rings is 1. The number of aromatic nitrogens is 1. The van der Waals surface area contributed by atoms with Crippen molar-refractivity contribution in [2.75, 3.05) is 6.54 Å². The molecule has 0 atom stereocenters. The molecule has 2 aromatic rings. The highest BCUT2D eigenvalue weighted by Gasteiger charge is 2.48. The third-order valence-corrected chi connectivity index (χ3v) is 3.78. The highest BCUT2D eigenvalue weighted by molar-refractivity contribution is 6.04. The summed E-state index contributed by atoms with van der Waals surface area (Å²) in [6.07, 6.45) is 1.70. The molecule has 94 valence electrons. The summed E-state index contributed by atoms with van der Waals surface area (Å²) < 4.78 is 6.43. The summed E-state index contributed by atoms with van der Waals surface area (Å²) in [5.41, 5.74) is 7.03. The number of nitrogens with zero attached hydrogens (tertiary/aromatic N) is 1. The van der Waals surface area contributed by atoms with Gasteiger partial charge in [0.25, 0.3) is 0 Å². The fraction of sp³-hybridized carbons (Fsp3) is 0.385. The largest absolute Gasteiger partial charge is 0.419 e. The monoisotopic (exact) mass is 246 g/mol. The lowest BCUT2D eigenvalue weighted by Crippen LogP contribution is -2.25. The first-order valence-electron chi connectivity index (χ1n) is 5.92. The van der Waals surface area contributed by atoms with Crippen LogP contribution in [0.3, 0.4) is 0 Å². The SMILES string of the molecule is Cn1c(=O)oc2ccc(C(=O)C3(CN)CC3)cc21. The van der Waals surface area contributed by atoms with E-state index in [0.717, 1.165) is 12.8 Å². The van der Waals surface area contributed by atoms with Crippen molar-refractivity contribution in [3.8, 4) is 0 Å². The van der Waals surface area contributed by atoms with Gasteiger partial charge in [-0.3, -0.25) is 9.36 Å². The zero-order valence-corrected chi connectivity index (χ0v) is 10.1. The van der Waals surface area contributed by atoms with E-state index in [2.05, 4.69) is 0 Å². The summed E-state index contributed by atoms with van der Waals surface area (Å²) in [6, 6.07) is 5.07. The van der Waals surface area contributed by atoms with E-state index in [-0.39, 0.29) is 11.2 Å². The quantitative estimate of drug-likeness (QED) is 0.821. The van der Waals surface area contributed by atoms with Gasteiger partial charge in [-0.1, -0.05) is 0 Å². The lowest BCUT2D eigenvalue weighted by Gasteiger charge is -2.10. The van der Waals surface area contributed by atoms with Crippen LogP contribution in [0.5, 0.6) is 0 Å². The first kappa shape index (κ1) is 11.2. The number of carbonyl (C=O) groups is 1. The maximum atomic E-state index is 12.3. The molecule has 3 rings (SSSR count). The first-order valence-corrected chi connectivity index (χ1v) is 5.92. The molecule has 0 spiro atoms. The third-order valence-electron chi connectivity index (χ3n) is 3.78. The summed E-state index contributed by atoms with van der Waals surface area (Å²) in [5.74, 6) is -0.352. The molecule has 1 aliphatic carbocycles. The van der Waals surface area contributed by atoms with Crippen LogP contribution in [-0.2, 0) is 7.05 Å². The van der Waals surface area contributed by atoms with Crippen LogP contribution in [0.1, 0.15) is 23.2 Å². The Balaban J connectivity index is 2.11. The molecule has 0 saturated heterocycles. The molecule has 1 fully saturated rings. The van der Waals surface area contributed by atoms with Crippen molar-refractivity contribution < 1.29 is 9.21 Å². The van der Waals surface area contributed by atoms with Crippen LogP contribution in [0.25, 0.3) is 11.1 Å². The van der Waals surface area contributed by atoms with E-state index in [0.29, 0.717) is 23.2 Å². The van der Waals surface area contributed by atoms with Gasteiger partial charge in [0, 0.05) is 24.6 Å². The molecule has 1 heterocycles. The molecule has 0 amide bonds. The Hall–Kier alpha value is -1.88. The number of rotatable bonds is 3. The standard InChI is InChI=1S/C13H14N2O3/c1-15-9-6-8(2-3-10(9)18-12(15)17)11(16)13(7-14)4-5-13/h2-3,6H,4-5,7,14H2,1H3. The van der Waals surface area contributed by atoms with Crippen LogP contribution in [-0.4, -0.2) is 16.9 Å². The van der Waals surface area contributed by atoms with E-state index < -0.39 is 5.76 Å². The van der Waals surface area contributed by atoms with E-state index in [1.54, 1.807) is 25.2 Å². The van der Waals surface area contributed by atoms with Crippen LogP contribution in [0.15, 0.2) is 27.4 Å². The Morgan fingerprint density at radius 1 is 1.50 bits per heavy atom. The van der Waals surface area contributed by atoms with Crippen LogP contribution in [0, 0.1) is 5.41 Å². The minimum absolute atomic E-state index is 0.0700. The molecular formula is C13H14N2O3. The van der Waals surface area contributed by atoms with E-state index >= 15 is 0 Å². The fourth-order valence-electron chi connectivity index (χ4n) is 2.25. The molecule has 0 unspecified atom stereocenters. The van der Waals surface area contributed by atoms with E-state index in [9.17, 15) is 9.59 Å². The minimum atomic E-state index is -0.422. The smallest absolute Gasteiger partial charge is 0.408 e. The topological polar surface area (TPSA) is 78.2 Å². The van der Waals surface area contributed by atoms with Crippen molar-refractivity contribution in [1.82, 2.24) is 4.57 Å². The molecule has 5 nitrogen and oxygen atoms in total. The zero-order chi connectivity index (χ0) is 12.9. The zero-order valence-electron chi connectivity index (χ0n) is 10.1. The number of carbonyl (C=O) groups excluding carboxylic acids is 1. The normalized spacial score (nSPS) is 17.0. The lowest BCUT2D eigenvalue weighted by atomic mass is 9.95. The molecule has 5 heteroatoms. The highest BCUT2D eigenvalue weighted by atomic mass is 16.4. The lowest BCUT2D eigenvalue weighted by molar-refractivity contribution is 0.0906. The van der Waals surface area contributed by atoms with E-state index in [1.807, 2.05) is 0 Å². The second kappa shape index (κ2) is 3.55. The van der Waals surface area contributed by atoms with Gasteiger partial charge in [-0.2, -0.15) is 0 Å². The van der Waals surface area contributed by atoms with Gasteiger partial charge < -0.3 is 10.2 Å². The van der Waals surface area contributed by atoms with Crippen molar-refractivity contribution >= 4 is 16.9 Å². The number of aryl methyl sites for hydroxylation is 1. The number of Topliss-reactive ketones (excluding diaryl/α,β-unsaturated/α-hetero) is 1. The maximum absolute atomic E-state index is 12.3. The molecule has 1 aromatic carbocycles. The van der Waals surface area contributed by atoms with Crippen molar-refractivity contribution in [2.45, 2.75) is 12.8 Å². The Bertz CT molecular complexity index is 692. The predicted octanol–water partition coefficient (Wildman–Crippen LogP) is 1.05. The van der Waals surface area contributed by atoms with Crippen LogP contribution < -0.4 is 11.5 Å². The third kappa shape index (κ3) is 1.44. The number of benzene rings is 1.